The Morgan fingerprint density at radius 3 is 1.82 bits per heavy atom. The van der Waals surface area contributed by atoms with Gasteiger partial charge in [-0.3, -0.25) is 0 Å². The number of fused-ring (bicyclic) bond motifs is 1. The summed E-state index contributed by atoms with van der Waals surface area (Å²) in [7, 11) is 0. The van der Waals surface area contributed by atoms with E-state index in [1.807, 2.05) is 0 Å². The zero-order valence-corrected chi connectivity index (χ0v) is 14.1. The lowest BCUT2D eigenvalue weighted by atomic mass is 9.65. The van der Waals surface area contributed by atoms with Gasteiger partial charge in [0, 0.05) is 12.8 Å². The van der Waals surface area contributed by atoms with Crippen LogP contribution in [0.2, 0.25) is 0 Å². The first kappa shape index (κ1) is 15.4. The summed E-state index contributed by atoms with van der Waals surface area (Å²) in [5, 5.41) is 0. The minimum Gasteiger partial charge on any atom is -0.355 e. The van der Waals surface area contributed by atoms with Crippen LogP contribution in [0.25, 0.3) is 0 Å². The lowest BCUT2D eigenvalue weighted by Crippen LogP contribution is -2.54. The fourth-order valence-corrected chi connectivity index (χ4v) is 5.93. The van der Waals surface area contributed by atoms with Gasteiger partial charge in [0.25, 0.3) is 0 Å². The molecule has 0 radical (unpaired) electrons. The predicted molar refractivity (Wildman–Crippen MR) is 82.4 cm³/mol. The molecule has 4 nitrogen and oxygen atoms in total. The van der Waals surface area contributed by atoms with E-state index in [-0.39, 0.29) is 11.2 Å². The van der Waals surface area contributed by atoms with Gasteiger partial charge in [0.15, 0.2) is 5.79 Å². The van der Waals surface area contributed by atoms with Crippen molar-refractivity contribution in [1.82, 2.24) is 0 Å². The van der Waals surface area contributed by atoms with Gasteiger partial charge in [0.05, 0.1) is 31.8 Å². The first-order valence-electron chi connectivity index (χ1n) is 9.05. The van der Waals surface area contributed by atoms with Crippen LogP contribution in [0.15, 0.2) is 0 Å². The molecule has 0 N–H and O–H groups in total. The third kappa shape index (κ3) is 2.03. The second-order valence-electron chi connectivity index (χ2n) is 8.28. The van der Waals surface area contributed by atoms with E-state index in [9.17, 15) is 0 Å². The van der Waals surface area contributed by atoms with Crippen LogP contribution in [0, 0.1) is 16.2 Å². The maximum atomic E-state index is 6.43. The Kier molecular flexibility index (Phi) is 3.61. The molecule has 22 heavy (non-hydrogen) atoms. The van der Waals surface area contributed by atoms with Crippen molar-refractivity contribution in [2.45, 2.75) is 64.6 Å². The molecule has 2 saturated carbocycles. The molecule has 0 amide bonds. The minimum absolute atomic E-state index is 0.0834. The van der Waals surface area contributed by atoms with Crippen molar-refractivity contribution < 1.29 is 18.9 Å². The van der Waals surface area contributed by atoms with Gasteiger partial charge in [-0.2, -0.15) is 0 Å². The summed E-state index contributed by atoms with van der Waals surface area (Å²) < 4.78 is 23.8. The van der Waals surface area contributed by atoms with Gasteiger partial charge in [-0.25, -0.2) is 0 Å². The van der Waals surface area contributed by atoms with E-state index in [2.05, 4.69) is 13.8 Å². The molecule has 4 fully saturated rings. The zero-order valence-electron chi connectivity index (χ0n) is 14.1. The first-order valence-corrected chi connectivity index (χ1v) is 9.05. The molecule has 4 heteroatoms. The molecule has 0 bridgehead atoms. The van der Waals surface area contributed by atoms with Crippen molar-refractivity contribution in [3.63, 3.8) is 0 Å². The Morgan fingerprint density at radius 1 is 0.773 bits per heavy atom. The van der Waals surface area contributed by atoms with E-state index in [4.69, 9.17) is 18.9 Å². The predicted octanol–water partition coefficient (Wildman–Crippen LogP) is 3.49. The number of hydrogen-bond acceptors (Lipinski definition) is 4. The summed E-state index contributed by atoms with van der Waals surface area (Å²) in [5.74, 6) is -0.338. The van der Waals surface area contributed by atoms with E-state index in [0.717, 1.165) is 12.8 Å². The Bertz CT molecular complexity index is 399. The van der Waals surface area contributed by atoms with Gasteiger partial charge < -0.3 is 18.9 Å². The normalized spacial score (nSPS) is 42.8. The molecule has 4 aliphatic rings. The SMILES string of the molecule is CCC12CCCC1(CC)CC1(C2)OCC2(COCOC2)CO1. The second kappa shape index (κ2) is 5.17. The van der Waals surface area contributed by atoms with E-state index in [0.29, 0.717) is 44.1 Å². The highest BCUT2D eigenvalue weighted by Gasteiger charge is 2.66. The van der Waals surface area contributed by atoms with Crippen molar-refractivity contribution in [2.24, 2.45) is 16.2 Å². The van der Waals surface area contributed by atoms with Crippen LogP contribution in [-0.2, 0) is 18.9 Å². The Morgan fingerprint density at radius 2 is 1.32 bits per heavy atom. The Hall–Kier alpha value is -0.160. The molecule has 126 valence electrons. The second-order valence-corrected chi connectivity index (χ2v) is 8.28. The van der Waals surface area contributed by atoms with Crippen LogP contribution in [0.5, 0.6) is 0 Å². The van der Waals surface area contributed by atoms with Crippen LogP contribution in [0.4, 0.5) is 0 Å². The summed E-state index contributed by atoms with van der Waals surface area (Å²) in [6.45, 7) is 7.95. The van der Waals surface area contributed by atoms with Gasteiger partial charge in [0.2, 0.25) is 0 Å². The van der Waals surface area contributed by atoms with E-state index >= 15 is 0 Å². The van der Waals surface area contributed by atoms with Crippen LogP contribution in [0.1, 0.15) is 58.8 Å². The van der Waals surface area contributed by atoms with Crippen molar-refractivity contribution in [3.05, 3.63) is 0 Å². The van der Waals surface area contributed by atoms with Gasteiger partial charge in [-0.1, -0.05) is 20.3 Å². The Labute approximate surface area is 133 Å². The summed E-state index contributed by atoms with van der Waals surface area (Å²) in [4.78, 5) is 0. The first-order chi connectivity index (χ1) is 10.6. The number of rotatable bonds is 2. The van der Waals surface area contributed by atoms with Crippen molar-refractivity contribution in [1.29, 1.82) is 0 Å². The fourth-order valence-electron chi connectivity index (χ4n) is 5.93. The van der Waals surface area contributed by atoms with Crippen molar-refractivity contribution >= 4 is 0 Å². The molecule has 2 heterocycles. The standard InChI is InChI=1S/C18H30O4/c1-3-16-6-5-7-17(16,4-2)9-18(8-16)21-12-15(13-22-18)10-19-14-20-11-15/h3-14H2,1-2H3. The third-order valence-electron chi connectivity index (χ3n) is 7.27. The van der Waals surface area contributed by atoms with Crippen LogP contribution in [0.3, 0.4) is 0 Å². The third-order valence-corrected chi connectivity index (χ3v) is 7.27. The number of ether oxygens (including phenoxy) is 4. The molecular weight excluding hydrogens is 280 g/mol. The molecule has 2 unspecified atom stereocenters. The summed E-state index contributed by atoms with van der Waals surface area (Å²) in [6, 6.07) is 0. The smallest absolute Gasteiger partial charge is 0.169 e. The highest BCUT2D eigenvalue weighted by Crippen LogP contribution is 2.70. The molecule has 0 aromatic rings. The average molecular weight is 310 g/mol. The van der Waals surface area contributed by atoms with Crippen LogP contribution >= 0.6 is 0 Å². The highest BCUT2D eigenvalue weighted by molar-refractivity contribution is 5.12. The minimum atomic E-state index is -0.338. The van der Waals surface area contributed by atoms with Gasteiger partial charge >= 0.3 is 0 Å². The van der Waals surface area contributed by atoms with Gasteiger partial charge in [0.1, 0.15) is 6.79 Å². The fraction of sp³-hybridized carbons (Fsp3) is 1.00. The summed E-state index contributed by atoms with van der Waals surface area (Å²) in [5.41, 5.74) is 0.789. The Balaban J connectivity index is 1.53. The zero-order chi connectivity index (χ0) is 15.3. The average Bonchev–Trinajstić information content (AvgIpc) is 3.02. The molecule has 2 aliphatic heterocycles. The van der Waals surface area contributed by atoms with Gasteiger partial charge in [-0.15, -0.1) is 0 Å². The summed E-state index contributed by atoms with van der Waals surface area (Å²) in [6.07, 6.45) is 8.76. The highest BCUT2D eigenvalue weighted by atomic mass is 16.7. The summed E-state index contributed by atoms with van der Waals surface area (Å²) >= 11 is 0. The number of hydrogen-bond donors (Lipinski definition) is 0. The van der Waals surface area contributed by atoms with E-state index in [1.165, 1.54) is 32.1 Å². The lowest BCUT2D eigenvalue weighted by Gasteiger charge is -2.46. The van der Waals surface area contributed by atoms with Crippen molar-refractivity contribution in [3.8, 4) is 0 Å². The maximum Gasteiger partial charge on any atom is 0.169 e. The topological polar surface area (TPSA) is 36.9 Å². The monoisotopic (exact) mass is 310 g/mol. The molecule has 4 rings (SSSR count). The van der Waals surface area contributed by atoms with E-state index in [1.54, 1.807) is 0 Å². The van der Waals surface area contributed by atoms with Crippen LogP contribution < -0.4 is 0 Å². The largest absolute Gasteiger partial charge is 0.355 e. The lowest BCUT2D eigenvalue weighted by molar-refractivity contribution is -0.332. The molecule has 2 aliphatic carbocycles. The molecule has 2 atom stereocenters. The maximum absolute atomic E-state index is 6.43. The molecule has 2 spiro atoms. The van der Waals surface area contributed by atoms with Gasteiger partial charge in [-0.05, 0) is 36.5 Å². The quantitative estimate of drug-likeness (QED) is 0.782. The van der Waals surface area contributed by atoms with Crippen LogP contribution in [-0.4, -0.2) is 39.0 Å². The molecule has 0 aromatic carbocycles. The van der Waals surface area contributed by atoms with Crippen molar-refractivity contribution in [2.75, 3.05) is 33.2 Å². The molecular formula is C18H30O4. The van der Waals surface area contributed by atoms with E-state index < -0.39 is 0 Å². The molecule has 2 saturated heterocycles. The molecule has 0 aromatic heterocycles.